The van der Waals surface area contributed by atoms with E-state index in [1.165, 1.54) is 0 Å². The van der Waals surface area contributed by atoms with Crippen molar-refractivity contribution in [1.82, 2.24) is 9.97 Å². The minimum absolute atomic E-state index is 0.163. The van der Waals surface area contributed by atoms with Crippen LogP contribution >= 0.6 is 11.6 Å². The summed E-state index contributed by atoms with van der Waals surface area (Å²) < 4.78 is 5.41. The van der Waals surface area contributed by atoms with Gasteiger partial charge in [-0.2, -0.15) is 4.98 Å². The number of hydrogen-bond donors (Lipinski definition) is 0. The second-order valence-corrected chi connectivity index (χ2v) is 2.84. The summed E-state index contributed by atoms with van der Waals surface area (Å²) in [5.74, 6) is 0.532. The van der Waals surface area contributed by atoms with Crippen molar-refractivity contribution in [3.8, 4) is 5.88 Å². The first-order chi connectivity index (χ1) is 5.72. The van der Waals surface area contributed by atoms with Crippen molar-refractivity contribution < 1.29 is 4.74 Å². The number of ether oxygens (including phenoxy) is 1. The SMILES string of the molecule is CCC(C)Oc1ccnc(Cl)n1. The van der Waals surface area contributed by atoms with Gasteiger partial charge in [0.15, 0.2) is 0 Å². The molecule has 66 valence electrons. The molecule has 1 atom stereocenters. The summed E-state index contributed by atoms with van der Waals surface area (Å²) in [6.07, 6.45) is 2.69. The van der Waals surface area contributed by atoms with Crippen LogP contribution in [0.4, 0.5) is 0 Å². The molecule has 3 nitrogen and oxygen atoms in total. The third-order valence-corrected chi connectivity index (χ3v) is 1.68. The number of aromatic nitrogens is 2. The van der Waals surface area contributed by atoms with E-state index in [2.05, 4.69) is 9.97 Å². The second-order valence-electron chi connectivity index (χ2n) is 2.50. The molecule has 0 fully saturated rings. The van der Waals surface area contributed by atoms with Crippen LogP contribution in [0.3, 0.4) is 0 Å². The van der Waals surface area contributed by atoms with Crippen LogP contribution in [0.1, 0.15) is 20.3 Å². The van der Waals surface area contributed by atoms with Gasteiger partial charge in [0, 0.05) is 12.3 Å². The van der Waals surface area contributed by atoms with Crippen LogP contribution in [0, 0.1) is 0 Å². The van der Waals surface area contributed by atoms with Crippen molar-refractivity contribution in [3.63, 3.8) is 0 Å². The maximum absolute atomic E-state index is 5.57. The lowest BCUT2D eigenvalue weighted by Gasteiger charge is -2.10. The summed E-state index contributed by atoms with van der Waals surface area (Å²) in [6.45, 7) is 4.03. The molecule has 1 unspecified atom stereocenters. The lowest BCUT2D eigenvalue weighted by Crippen LogP contribution is -2.10. The van der Waals surface area contributed by atoms with Gasteiger partial charge in [-0.25, -0.2) is 4.98 Å². The standard InChI is InChI=1S/C8H11ClN2O/c1-3-6(2)12-7-4-5-10-8(9)11-7/h4-6H,3H2,1-2H3. The van der Waals surface area contributed by atoms with Crippen molar-refractivity contribution in [2.24, 2.45) is 0 Å². The number of hydrogen-bond acceptors (Lipinski definition) is 3. The summed E-state index contributed by atoms with van der Waals surface area (Å²) in [5, 5.41) is 0.218. The van der Waals surface area contributed by atoms with E-state index in [4.69, 9.17) is 16.3 Å². The average molecular weight is 187 g/mol. The highest BCUT2D eigenvalue weighted by Crippen LogP contribution is 2.11. The zero-order valence-corrected chi connectivity index (χ0v) is 7.88. The highest BCUT2D eigenvalue weighted by atomic mass is 35.5. The fourth-order valence-electron chi connectivity index (χ4n) is 0.675. The molecule has 0 bridgehead atoms. The van der Waals surface area contributed by atoms with Crippen molar-refractivity contribution in [2.75, 3.05) is 0 Å². The van der Waals surface area contributed by atoms with Gasteiger partial charge in [-0.15, -0.1) is 0 Å². The Hall–Kier alpha value is -0.830. The molecular formula is C8H11ClN2O. The van der Waals surface area contributed by atoms with E-state index in [1.54, 1.807) is 12.3 Å². The zero-order chi connectivity index (χ0) is 8.97. The largest absolute Gasteiger partial charge is 0.475 e. The average Bonchev–Trinajstić information content (AvgIpc) is 2.04. The minimum atomic E-state index is 0.163. The van der Waals surface area contributed by atoms with E-state index in [1.807, 2.05) is 13.8 Å². The van der Waals surface area contributed by atoms with Gasteiger partial charge in [0.2, 0.25) is 11.2 Å². The van der Waals surface area contributed by atoms with Crippen LogP contribution in [0.2, 0.25) is 5.28 Å². The van der Waals surface area contributed by atoms with Crippen molar-refractivity contribution in [3.05, 3.63) is 17.5 Å². The second kappa shape index (κ2) is 4.26. The van der Waals surface area contributed by atoms with Gasteiger partial charge in [0.1, 0.15) is 0 Å². The van der Waals surface area contributed by atoms with E-state index >= 15 is 0 Å². The lowest BCUT2D eigenvalue weighted by atomic mass is 10.3. The third-order valence-electron chi connectivity index (χ3n) is 1.50. The quantitative estimate of drug-likeness (QED) is 0.680. The molecule has 1 aromatic heterocycles. The van der Waals surface area contributed by atoms with Gasteiger partial charge in [0.25, 0.3) is 0 Å². The Bertz CT molecular complexity index is 255. The Morgan fingerprint density at radius 1 is 1.67 bits per heavy atom. The number of nitrogens with zero attached hydrogens (tertiary/aromatic N) is 2. The van der Waals surface area contributed by atoms with E-state index < -0.39 is 0 Å². The molecule has 4 heteroatoms. The molecule has 0 radical (unpaired) electrons. The summed E-state index contributed by atoms with van der Waals surface area (Å²) in [4.78, 5) is 7.64. The highest BCUT2D eigenvalue weighted by molar-refractivity contribution is 6.28. The first kappa shape index (κ1) is 9.26. The number of halogens is 1. The lowest BCUT2D eigenvalue weighted by molar-refractivity contribution is 0.208. The molecule has 0 spiro atoms. The van der Waals surface area contributed by atoms with Crippen LogP contribution in [0.25, 0.3) is 0 Å². The zero-order valence-electron chi connectivity index (χ0n) is 7.12. The van der Waals surface area contributed by atoms with Gasteiger partial charge in [0.05, 0.1) is 6.10 Å². The van der Waals surface area contributed by atoms with Crippen molar-refractivity contribution >= 4 is 11.6 Å². The van der Waals surface area contributed by atoms with Crippen LogP contribution in [0.5, 0.6) is 5.88 Å². The van der Waals surface area contributed by atoms with Crippen LogP contribution < -0.4 is 4.74 Å². The van der Waals surface area contributed by atoms with Gasteiger partial charge in [-0.1, -0.05) is 6.92 Å². The molecule has 12 heavy (non-hydrogen) atoms. The predicted molar refractivity (Wildman–Crippen MR) is 47.4 cm³/mol. The van der Waals surface area contributed by atoms with Crippen LogP contribution in [-0.2, 0) is 0 Å². The fourth-order valence-corrected chi connectivity index (χ4v) is 0.814. The molecule has 1 heterocycles. The van der Waals surface area contributed by atoms with E-state index in [0.29, 0.717) is 5.88 Å². The fraction of sp³-hybridized carbons (Fsp3) is 0.500. The predicted octanol–water partition coefficient (Wildman–Crippen LogP) is 2.31. The maximum Gasteiger partial charge on any atom is 0.225 e. The summed E-state index contributed by atoms with van der Waals surface area (Å²) >= 11 is 5.57. The molecule has 0 amide bonds. The smallest absolute Gasteiger partial charge is 0.225 e. The van der Waals surface area contributed by atoms with E-state index in [-0.39, 0.29) is 11.4 Å². The van der Waals surface area contributed by atoms with E-state index in [9.17, 15) is 0 Å². The Morgan fingerprint density at radius 2 is 2.42 bits per heavy atom. The molecule has 0 aliphatic rings. The minimum Gasteiger partial charge on any atom is -0.475 e. The third kappa shape index (κ3) is 2.66. The Labute approximate surface area is 76.7 Å². The molecule has 0 saturated heterocycles. The number of rotatable bonds is 3. The molecule has 0 aliphatic carbocycles. The Balaban J connectivity index is 2.63. The van der Waals surface area contributed by atoms with Gasteiger partial charge < -0.3 is 4.74 Å². The molecule has 1 aromatic rings. The highest BCUT2D eigenvalue weighted by Gasteiger charge is 2.02. The van der Waals surface area contributed by atoms with E-state index in [0.717, 1.165) is 6.42 Å². The topological polar surface area (TPSA) is 35.0 Å². The Kier molecular flexibility index (Phi) is 3.29. The van der Waals surface area contributed by atoms with Gasteiger partial charge in [-0.05, 0) is 24.9 Å². The summed E-state index contributed by atoms with van der Waals surface area (Å²) in [7, 11) is 0. The van der Waals surface area contributed by atoms with Crippen LogP contribution in [-0.4, -0.2) is 16.1 Å². The molecule has 0 N–H and O–H groups in total. The summed E-state index contributed by atoms with van der Waals surface area (Å²) in [5.41, 5.74) is 0. The molecule has 0 aromatic carbocycles. The molecule has 1 rings (SSSR count). The molecule has 0 aliphatic heterocycles. The van der Waals surface area contributed by atoms with Crippen LogP contribution in [0.15, 0.2) is 12.3 Å². The van der Waals surface area contributed by atoms with Crippen molar-refractivity contribution in [2.45, 2.75) is 26.4 Å². The summed E-state index contributed by atoms with van der Waals surface area (Å²) in [6, 6.07) is 1.69. The molecular weight excluding hydrogens is 176 g/mol. The first-order valence-electron chi connectivity index (χ1n) is 3.87. The Morgan fingerprint density at radius 3 is 3.00 bits per heavy atom. The van der Waals surface area contributed by atoms with Gasteiger partial charge in [-0.3, -0.25) is 0 Å². The monoisotopic (exact) mass is 186 g/mol. The van der Waals surface area contributed by atoms with Crippen molar-refractivity contribution in [1.29, 1.82) is 0 Å². The first-order valence-corrected chi connectivity index (χ1v) is 4.25. The molecule has 0 saturated carbocycles. The van der Waals surface area contributed by atoms with Gasteiger partial charge >= 0.3 is 0 Å². The normalized spacial score (nSPS) is 12.6. The maximum atomic E-state index is 5.57.